The van der Waals surface area contributed by atoms with Crippen molar-refractivity contribution in [3.63, 3.8) is 0 Å². The van der Waals surface area contributed by atoms with Crippen molar-refractivity contribution in [1.82, 2.24) is 0 Å². The Hall–Kier alpha value is -0.0500. The molecule has 0 aromatic heterocycles. The van der Waals surface area contributed by atoms with Crippen LogP contribution in [0.25, 0.3) is 0 Å². The van der Waals surface area contributed by atoms with E-state index in [1.54, 1.807) is 0 Å². The molecule has 1 atom stereocenters. The molecule has 0 heterocycles. The van der Waals surface area contributed by atoms with Crippen molar-refractivity contribution in [1.29, 1.82) is 0 Å². The zero-order valence-corrected chi connectivity index (χ0v) is 12.2. The number of halogens is 1. The minimum Gasteiger partial charge on any atom is -0.468 e. The zero-order valence-electron chi connectivity index (χ0n) is 10.6. The van der Waals surface area contributed by atoms with Gasteiger partial charge in [-0.2, -0.15) is 0 Å². The maximum absolute atomic E-state index is 11.1. The molecule has 0 saturated carbocycles. The van der Waals surface area contributed by atoms with Gasteiger partial charge in [-0.15, -0.1) is 0 Å². The molecule has 0 aromatic rings. The maximum atomic E-state index is 11.1. The van der Waals surface area contributed by atoms with Gasteiger partial charge < -0.3 is 4.74 Å². The smallest absolute Gasteiger partial charge is 0.319 e. The van der Waals surface area contributed by atoms with Gasteiger partial charge in [0.15, 0.2) is 0 Å². The van der Waals surface area contributed by atoms with Gasteiger partial charge in [0.1, 0.15) is 4.83 Å². The van der Waals surface area contributed by atoms with Crippen LogP contribution in [0.15, 0.2) is 0 Å². The molecule has 0 bridgehead atoms. The Kier molecular flexibility index (Phi) is 11.4. The molecule has 96 valence electrons. The fourth-order valence-corrected chi connectivity index (χ4v) is 2.21. The summed E-state index contributed by atoms with van der Waals surface area (Å²) in [6, 6.07) is 0. The van der Waals surface area contributed by atoms with Gasteiger partial charge in [0.2, 0.25) is 0 Å². The van der Waals surface area contributed by atoms with Gasteiger partial charge in [0.05, 0.1) is 7.11 Å². The van der Waals surface area contributed by atoms with Crippen molar-refractivity contribution in [2.24, 2.45) is 0 Å². The molecule has 0 aliphatic carbocycles. The van der Waals surface area contributed by atoms with E-state index in [0.29, 0.717) is 0 Å². The largest absolute Gasteiger partial charge is 0.468 e. The first kappa shape index (κ1) is 16.0. The zero-order chi connectivity index (χ0) is 12.2. The standard InChI is InChI=1S/C13H25BrO2/c1-3-4-5-6-7-8-9-10-11-12(14)13(15)16-2/h12H,3-11H2,1-2H3/t12-/m1/s1. The molecule has 3 heteroatoms. The number of carbonyl (C=O) groups excluding carboxylic acids is 1. The lowest BCUT2D eigenvalue weighted by atomic mass is 10.1. The Morgan fingerprint density at radius 3 is 2.06 bits per heavy atom. The summed E-state index contributed by atoms with van der Waals surface area (Å²) >= 11 is 3.33. The average molecular weight is 293 g/mol. The van der Waals surface area contributed by atoms with Crippen LogP contribution in [0, 0.1) is 0 Å². The minimum atomic E-state index is -0.150. The number of methoxy groups -OCH3 is 1. The van der Waals surface area contributed by atoms with Gasteiger partial charge in [-0.25, -0.2) is 0 Å². The van der Waals surface area contributed by atoms with Crippen molar-refractivity contribution < 1.29 is 9.53 Å². The number of hydrogen-bond donors (Lipinski definition) is 0. The molecule has 0 aliphatic rings. The summed E-state index contributed by atoms with van der Waals surface area (Å²) in [4.78, 5) is 11.0. The van der Waals surface area contributed by atoms with Crippen LogP contribution in [0.1, 0.15) is 64.7 Å². The summed E-state index contributed by atoms with van der Waals surface area (Å²) in [5.74, 6) is -0.150. The molecule has 0 unspecified atom stereocenters. The van der Waals surface area contributed by atoms with E-state index in [1.807, 2.05) is 0 Å². The van der Waals surface area contributed by atoms with Crippen LogP contribution < -0.4 is 0 Å². The SMILES string of the molecule is CCCCCCCCCC[C@@H](Br)C(=O)OC. The van der Waals surface area contributed by atoms with Gasteiger partial charge in [-0.3, -0.25) is 4.79 Å². The van der Waals surface area contributed by atoms with E-state index in [2.05, 4.69) is 27.6 Å². The highest BCUT2D eigenvalue weighted by Gasteiger charge is 2.13. The van der Waals surface area contributed by atoms with E-state index in [9.17, 15) is 4.79 Å². The predicted molar refractivity (Wildman–Crippen MR) is 72.0 cm³/mol. The van der Waals surface area contributed by atoms with E-state index in [1.165, 1.54) is 52.1 Å². The Morgan fingerprint density at radius 2 is 1.56 bits per heavy atom. The molecule has 16 heavy (non-hydrogen) atoms. The lowest BCUT2D eigenvalue weighted by Gasteiger charge is -2.06. The molecule has 0 fully saturated rings. The average Bonchev–Trinajstić information content (AvgIpc) is 2.31. The molecule has 0 saturated heterocycles. The lowest BCUT2D eigenvalue weighted by Crippen LogP contribution is -2.15. The monoisotopic (exact) mass is 292 g/mol. The third-order valence-electron chi connectivity index (χ3n) is 2.77. The first-order chi connectivity index (χ1) is 7.72. The van der Waals surface area contributed by atoms with Crippen LogP contribution in [0.4, 0.5) is 0 Å². The van der Waals surface area contributed by atoms with Crippen LogP contribution in [-0.2, 0) is 9.53 Å². The van der Waals surface area contributed by atoms with E-state index in [4.69, 9.17) is 0 Å². The molecule has 0 aliphatic heterocycles. The van der Waals surface area contributed by atoms with Gasteiger partial charge in [-0.1, -0.05) is 74.2 Å². The number of ether oxygens (including phenoxy) is 1. The van der Waals surface area contributed by atoms with Gasteiger partial charge in [0, 0.05) is 0 Å². The summed E-state index contributed by atoms with van der Waals surface area (Å²) in [6.45, 7) is 2.24. The second kappa shape index (κ2) is 11.4. The Balaban J connectivity index is 3.17. The Bertz CT molecular complexity index is 171. The summed E-state index contributed by atoms with van der Waals surface area (Å²) in [5, 5.41) is 0. The van der Waals surface area contributed by atoms with Crippen LogP contribution in [0.3, 0.4) is 0 Å². The molecular formula is C13H25BrO2. The first-order valence-electron chi connectivity index (χ1n) is 6.44. The molecular weight excluding hydrogens is 268 g/mol. The highest BCUT2D eigenvalue weighted by atomic mass is 79.9. The highest BCUT2D eigenvalue weighted by Crippen LogP contribution is 2.14. The van der Waals surface area contributed by atoms with Crippen LogP contribution in [0.2, 0.25) is 0 Å². The highest BCUT2D eigenvalue weighted by molar-refractivity contribution is 9.10. The number of rotatable bonds is 10. The molecule has 0 radical (unpaired) electrons. The van der Waals surface area contributed by atoms with E-state index < -0.39 is 0 Å². The topological polar surface area (TPSA) is 26.3 Å². The number of unbranched alkanes of at least 4 members (excludes halogenated alkanes) is 7. The van der Waals surface area contributed by atoms with E-state index >= 15 is 0 Å². The van der Waals surface area contributed by atoms with Crippen LogP contribution in [0.5, 0.6) is 0 Å². The molecule has 0 spiro atoms. The summed E-state index contributed by atoms with van der Waals surface area (Å²) in [5.41, 5.74) is 0. The van der Waals surface area contributed by atoms with Crippen molar-refractivity contribution in [3.05, 3.63) is 0 Å². The fourth-order valence-electron chi connectivity index (χ4n) is 1.70. The third-order valence-corrected chi connectivity index (χ3v) is 3.60. The summed E-state index contributed by atoms with van der Waals surface area (Å²) < 4.78 is 4.65. The van der Waals surface area contributed by atoms with Gasteiger partial charge >= 0.3 is 5.97 Å². The van der Waals surface area contributed by atoms with Crippen molar-refractivity contribution >= 4 is 21.9 Å². The lowest BCUT2D eigenvalue weighted by molar-refractivity contribution is -0.139. The Labute approximate surface area is 108 Å². The van der Waals surface area contributed by atoms with E-state index in [0.717, 1.165) is 12.8 Å². The van der Waals surface area contributed by atoms with Crippen molar-refractivity contribution in [2.45, 2.75) is 69.5 Å². The van der Waals surface area contributed by atoms with Gasteiger partial charge in [-0.05, 0) is 6.42 Å². The summed E-state index contributed by atoms with van der Waals surface area (Å²) in [6.07, 6.45) is 11.3. The number of alkyl halides is 1. The number of carbonyl (C=O) groups is 1. The quantitative estimate of drug-likeness (QED) is 0.338. The number of esters is 1. The van der Waals surface area contributed by atoms with E-state index in [-0.39, 0.29) is 10.8 Å². The molecule has 0 rings (SSSR count). The second-order valence-corrected chi connectivity index (χ2v) is 5.36. The molecule has 0 amide bonds. The Morgan fingerprint density at radius 1 is 1.06 bits per heavy atom. The third kappa shape index (κ3) is 9.20. The molecule has 0 N–H and O–H groups in total. The first-order valence-corrected chi connectivity index (χ1v) is 7.35. The fraction of sp³-hybridized carbons (Fsp3) is 0.923. The second-order valence-electron chi connectivity index (χ2n) is 4.25. The number of hydrogen-bond acceptors (Lipinski definition) is 2. The molecule has 2 nitrogen and oxygen atoms in total. The summed E-state index contributed by atoms with van der Waals surface area (Å²) in [7, 11) is 1.43. The van der Waals surface area contributed by atoms with Crippen LogP contribution >= 0.6 is 15.9 Å². The normalized spacial score (nSPS) is 12.4. The molecule has 0 aromatic carbocycles. The minimum absolute atomic E-state index is 0.113. The van der Waals surface area contributed by atoms with Crippen molar-refractivity contribution in [2.75, 3.05) is 7.11 Å². The maximum Gasteiger partial charge on any atom is 0.319 e. The predicted octanol–water partition coefficient (Wildman–Crippen LogP) is 4.45. The van der Waals surface area contributed by atoms with Crippen LogP contribution in [-0.4, -0.2) is 17.9 Å². The van der Waals surface area contributed by atoms with Gasteiger partial charge in [0.25, 0.3) is 0 Å². The van der Waals surface area contributed by atoms with Crippen molar-refractivity contribution in [3.8, 4) is 0 Å².